The van der Waals surface area contributed by atoms with E-state index in [1.54, 1.807) is 0 Å². The standard InChI is InChI=1S/C16H17N/c1-3-5-11(2)14-10-17-15-7-4-6-13(16(14)15)12-8-9-12/h1,4,6-7,10-12,17H,5,8-9H2,2H3. The molecule has 1 nitrogen and oxygen atoms in total. The van der Waals surface area contributed by atoms with E-state index >= 15 is 0 Å². The van der Waals surface area contributed by atoms with Crippen molar-refractivity contribution in [3.05, 3.63) is 35.5 Å². The molecule has 1 aromatic carbocycles. The number of aromatic amines is 1. The van der Waals surface area contributed by atoms with E-state index in [0.717, 1.165) is 12.3 Å². The van der Waals surface area contributed by atoms with Gasteiger partial charge in [0.2, 0.25) is 0 Å². The predicted molar refractivity (Wildman–Crippen MR) is 72.1 cm³/mol. The van der Waals surface area contributed by atoms with E-state index in [4.69, 9.17) is 6.42 Å². The highest BCUT2D eigenvalue weighted by Crippen LogP contribution is 2.44. The first-order chi connectivity index (χ1) is 8.31. The Kier molecular flexibility index (Phi) is 2.44. The average Bonchev–Trinajstić information content (AvgIpc) is 3.08. The molecule has 1 atom stereocenters. The summed E-state index contributed by atoms with van der Waals surface area (Å²) in [4.78, 5) is 3.38. The number of hydrogen-bond donors (Lipinski definition) is 1. The van der Waals surface area contributed by atoms with Crippen LogP contribution in [0, 0.1) is 12.3 Å². The molecule has 86 valence electrons. The van der Waals surface area contributed by atoms with Crippen LogP contribution in [0.5, 0.6) is 0 Å². The van der Waals surface area contributed by atoms with Crippen LogP contribution in [-0.2, 0) is 0 Å². The zero-order valence-corrected chi connectivity index (χ0v) is 10.2. The summed E-state index contributed by atoms with van der Waals surface area (Å²) in [6, 6.07) is 6.59. The molecule has 1 unspecified atom stereocenters. The minimum atomic E-state index is 0.439. The Hall–Kier alpha value is -1.68. The summed E-state index contributed by atoms with van der Waals surface area (Å²) in [7, 11) is 0. The van der Waals surface area contributed by atoms with Crippen molar-refractivity contribution < 1.29 is 0 Å². The molecule has 3 rings (SSSR count). The summed E-state index contributed by atoms with van der Waals surface area (Å²) < 4.78 is 0. The number of benzene rings is 1. The molecule has 0 bridgehead atoms. The number of H-pyrrole nitrogens is 1. The maximum absolute atomic E-state index is 5.43. The highest BCUT2D eigenvalue weighted by Gasteiger charge is 2.27. The van der Waals surface area contributed by atoms with Crippen LogP contribution in [-0.4, -0.2) is 4.98 Å². The molecule has 0 radical (unpaired) electrons. The largest absolute Gasteiger partial charge is 0.361 e. The Morgan fingerprint density at radius 3 is 3.00 bits per heavy atom. The van der Waals surface area contributed by atoms with Gasteiger partial charge >= 0.3 is 0 Å². The number of aromatic nitrogens is 1. The Bertz CT molecular complexity index is 581. The van der Waals surface area contributed by atoms with Gasteiger partial charge in [0.1, 0.15) is 0 Å². The molecule has 1 aromatic heterocycles. The molecule has 1 heterocycles. The quantitative estimate of drug-likeness (QED) is 0.752. The van der Waals surface area contributed by atoms with Crippen molar-refractivity contribution in [3.8, 4) is 12.3 Å². The summed E-state index contributed by atoms with van der Waals surface area (Å²) in [6.45, 7) is 2.21. The molecule has 0 aliphatic heterocycles. The van der Waals surface area contributed by atoms with Gasteiger partial charge in [0, 0.05) is 23.5 Å². The minimum absolute atomic E-state index is 0.439. The fourth-order valence-corrected chi connectivity index (χ4v) is 2.65. The first kappa shape index (κ1) is 10.5. The third-order valence-electron chi connectivity index (χ3n) is 3.74. The van der Waals surface area contributed by atoms with E-state index in [-0.39, 0.29) is 0 Å². The lowest BCUT2D eigenvalue weighted by atomic mass is 9.93. The third-order valence-corrected chi connectivity index (χ3v) is 3.74. The number of terminal acetylenes is 1. The van der Waals surface area contributed by atoms with Crippen LogP contribution >= 0.6 is 0 Å². The second-order valence-electron chi connectivity index (χ2n) is 5.10. The van der Waals surface area contributed by atoms with Gasteiger partial charge in [-0.25, -0.2) is 0 Å². The van der Waals surface area contributed by atoms with Crippen LogP contribution in [0.2, 0.25) is 0 Å². The molecule has 0 spiro atoms. The van der Waals surface area contributed by atoms with Gasteiger partial charge in [-0.2, -0.15) is 0 Å². The Balaban J connectivity index is 2.15. The molecule has 1 saturated carbocycles. The topological polar surface area (TPSA) is 15.8 Å². The van der Waals surface area contributed by atoms with Crippen LogP contribution in [0.25, 0.3) is 10.9 Å². The fraction of sp³-hybridized carbons (Fsp3) is 0.375. The molecule has 1 heteroatoms. The van der Waals surface area contributed by atoms with Crippen molar-refractivity contribution in [3.63, 3.8) is 0 Å². The van der Waals surface area contributed by atoms with Gasteiger partial charge in [0.25, 0.3) is 0 Å². The van der Waals surface area contributed by atoms with E-state index in [1.807, 2.05) is 0 Å². The van der Waals surface area contributed by atoms with E-state index in [2.05, 4.69) is 42.2 Å². The van der Waals surface area contributed by atoms with Crippen LogP contribution in [0.1, 0.15) is 49.1 Å². The summed E-state index contributed by atoms with van der Waals surface area (Å²) >= 11 is 0. The zero-order valence-electron chi connectivity index (χ0n) is 10.2. The predicted octanol–water partition coefficient (Wildman–Crippen LogP) is 4.17. The van der Waals surface area contributed by atoms with E-state index in [0.29, 0.717) is 5.92 Å². The molecule has 2 aromatic rings. The number of nitrogens with one attached hydrogen (secondary N) is 1. The number of hydrogen-bond acceptors (Lipinski definition) is 0. The maximum atomic E-state index is 5.43. The summed E-state index contributed by atoms with van der Waals surface area (Å²) in [5.41, 5.74) is 4.16. The van der Waals surface area contributed by atoms with E-state index < -0.39 is 0 Å². The highest BCUT2D eigenvalue weighted by atomic mass is 14.7. The second kappa shape index (κ2) is 3.96. The van der Waals surface area contributed by atoms with Gasteiger partial charge in [0.15, 0.2) is 0 Å². The lowest BCUT2D eigenvalue weighted by Gasteiger charge is -2.09. The first-order valence-corrected chi connectivity index (χ1v) is 6.34. The van der Waals surface area contributed by atoms with Crippen molar-refractivity contribution in [2.45, 2.75) is 38.0 Å². The van der Waals surface area contributed by atoms with Crippen molar-refractivity contribution in [1.29, 1.82) is 0 Å². The Morgan fingerprint density at radius 2 is 2.29 bits per heavy atom. The smallest absolute Gasteiger partial charge is 0.0459 e. The Labute approximate surface area is 102 Å². The van der Waals surface area contributed by atoms with Gasteiger partial charge in [0.05, 0.1) is 0 Å². The minimum Gasteiger partial charge on any atom is -0.361 e. The van der Waals surface area contributed by atoms with E-state index in [9.17, 15) is 0 Å². The van der Waals surface area contributed by atoms with Crippen LogP contribution in [0.4, 0.5) is 0 Å². The van der Waals surface area contributed by atoms with Crippen LogP contribution in [0.15, 0.2) is 24.4 Å². The molecule has 1 fully saturated rings. The lowest BCUT2D eigenvalue weighted by molar-refractivity contribution is 0.802. The van der Waals surface area contributed by atoms with Crippen molar-refractivity contribution in [1.82, 2.24) is 4.98 Å². The molecular weight excluding hydrogens is 206 g/mol. The molecule has 1 N–H and O–H groups in total. The van der Waals surface area contributed by atoms with Gasteiger partial charge in [-0.1, -0.05) is 19.1 Å². The SMILES string of the molecule is C#CCC(C)c1c[nH]c2cccc(C3CC3)c12. The third kappa shape index (κ3) is 1.74. The molecule has 1 aliphatic carbocycles. The normalized spacial score (nSPS) is 16.9. The van der Waals surface area contributed by atoms with Gasteiger partial charge in [-0.15, -0.1) is 12.3 Å². The lowest BCUT2D eigenvalue weighted by Crippen LogP contribution is -1.92. The second-order valence-corrected chi connectivity index (χ2v) is 5.10. The van der Waals surface area contributed by atoms with Crippen molar-refractivity contribution >= 4 is 10.9 Å². The van der Waals surface area contributed by atoms with Crippen molar-refractivity contribution in [2.24, 2.45) is 0 Å². The van der Waals surface area contributed by atoms with Crippen LogP contribution in [0.3, 0.4) is 0 Å². The molecule has 17 heavy (non-hydrogen) atoms. The van der Waals surface area contributed by atoms with Crippen LogP contribution < -0.4 is 0 Å². The van der Waals surface area contributed by atoms with Crippen molar-refractivity contribution in [2.75, 3.05) is 0 Å². The molecule has 0 amide bonds. The summed E-state index contributed by atoms with van der Waals surface area (Å²) in [5, 5.41) is 1.43. The summed E-state index contributed by atoms with van der Waals surface area (Å²) in [5.74, 6) is 3.99. The van der Waals surface area contributed by atoms with Gasteiger partial charge in [-0.05, 0) is 41.9 Å². The maximum Gasteiger partial charge on any atom is 0.0459 e. The van der Waals surface area contributed by atoms with E-state index in [1.165, 1.54) is 34.9 Å². The zero-order chi connectivity index (χ0) is 11.8. The average molecular weight is 223 g/mol. The van der Waals surface area contributed by atoms with Gasteiger partial charge in [-0.3, -0.25) is 0 Å². The summed E-state index contributed by atoms with van der Waals surface area (Å²) in [6.07, 6.45) is 11.1. The van der Waals surface area contributed by atoms with Gasteiger partial charge < -0.3 is 4.98 Å². The highest BCUT2D eigenvalue weighted by molar-refractivity contribution is 5.88. The fourth-order valence-electron chi connectivity index (χ4n) is 2.65. The number of rotatable bonds is 3. The monoisotopic (exact) mass is 223 g/mol. The number of fused-ring (bicyclic) bond motifs is 1. The first-order valence-electron chi connectivity index (χ1n) is 6.34. The molecule has 0 saturated heterocycles. The Morgan fingerprint density at radius 1 is 1.47 bits per heavy atom. The molecular formula is C16H17N. The molecule has 1 aliphatic rings.